The second-order valence-corrected chi connectivity index (χ2v) is 7.95. The maximum Gasteiger partial charge on any atom is 0.241 e. The smallest absolute Gasteiger partial charge is 0.241 e. The Kier molecular flexibility index (Phi) is 7.29. The van der Waals surface area contributed by atoms with E-state index in [0.29, 0.717) is 25.6 Å². The first kappa shape index (κ1) is 23.1. The summed E-state index contributed by atoms with van der Waals surface area (Å²) in [5.41, 5.74) is 10.2. The van der Waals surface area contributed by atoms with Crippen LogP contribution in [0.1, 0.15) is 22.3 Å². The van der Waals surface area contributed by atoms with Crippen molar-refractivity contribution in [3.8, 4) is 11.5 Å². The van der Waals surface area contributed by atoms with Gasteiger partial charge in [0.05, 0.1) is 27.4 Å². The van der Waals surface area contributed by atoms with Crippen LogP contribution in [0.25, 0.3) is 0 Å². The fourth-order valence-corrected chi connectivity index (χ4v) is 3.71. The SMILES string of the molecule is COc1ccc(CN(Cc2ccc(OC)cc2)c2nc(N)nn2Cc2ccc(CO)cc2)cc1. The van der Waals surface area contributed by atoms with Gasteiger partial charge in [-0.2, -0.15) is 4.98 Å². The number of methoxy groups -OCH3 is 2. The molecule has 0 spiro atoms. The minimum absolute atomic E-state index is 0.0132. The van der Waals surface area contributed by atoms with Gasteiger partial charge < -0.3 is 25.2 Å². The van der Waals surface area contributed by atoms with Crippen LogP contribution >= 0.6 is 0 Å². The number of aromatic nitrogens is 3. The number of benzene rings is 3. The summed E-state index contributed by atoms with van der Waals surface area (Å²) in [6, 6.07) is 23.7. The molecule has 34 heavy (non-hydrogen) atoms. The number of nitrogens with two attached hydrogens (primary N) is 1. The summed E-state index contributed by atoms with van der Waals surface area (Å²) in [6.07, 6.45) is 0. The Morgan fingerprint density at radius 2 is 1.24 bits per heavy atom. The Labute approximate surface area is 199 Å². The number of aliphatic hydroxyl groups is 1. The first-order valence-electron chi connectivity index (χ1n) is 11.0. The van der Waals surface area contributed by atoms with Crippen LogP contribution in [-0.2, 0) is 26.2 Å². The molecule has 3 N–H and O–H groups in total. The van der Waals surface area contributed by atoms with E-state index in [9.17, 15) is 5.11 Å². The van der Waals surface area contributed by atoms with Crippen LogP contribution in [0.4, 0.5) is 11.9 Å². The molecule has 0 bridgehead atoms. The molecule has 8 heteroatoms. The molecule has 0 fully saturated rings. The fraction of sp³-hybridized carbons (Fsp3) is 0.231. The van der Waals surface area contributed by atoms with Crippen molar-refractivity contribution in [1.29, 1.82) is 0 Å². The molecule has 1 aromatic heterocycles. The van der Waals surface area contributed by atoms with Crippen molar-refractivity contribution in [3.05, 3.63) is 95.1 Å². The van der Waals surface area contributed by atoms with Crippen LogP contribution in [0.15, 0.2) is 72.8 Å². The molecule has 4 aromatic rings. The zero-order chi connectivity index (χ0) is 23.9. The largest absolute Gasteiger partial charge is 0.497 e. The third kappa shape index (κ3) is 5.65. The van der Waals surface area contributed by atoms with E-state index >= 15 is 0 Å². The lowest BCUT2D eigenvalue weighted by molar-refractivity contribution is 0.282. The lowest BCUT2D eigenvalue weighted by Crippen LogP contribution is -2.26. The first-order chi connectivity index (χ1) is 16.6. The predicted molar refractivity (Wildman–Crippen MR) is 132 cm³/mol. The molecule has 0 saturated heterocycles. The van der Waals surface area contributed by atoms with Gasteiger partial charge in [0, 0.05) is 13.1 Å². The minimum Gasteiger partial charge on any atom is -0.497 e. The Morgan fingerprint density at radius 3 is 1.71 bits per heavy atom. The number of hydrogen-bond acceptors (Lipinski definition) is 7. The summed E-state index contributed by atoms with van der Waals surface area (Å²) < 4.78 is 12.4. The van der Waals surface area contributed by atoms with Crippen molar-refractivity contribution in [2.75, 3.05) is 24.9 Å². The number of anilines is 2. The highest BCUT2D eigenvalue weighted by molar-refractivity contribution is 5.41. The average Bonchev–Trinajstić information content (AvgIpc) is 3.24. The number of aliphatic hydroxyl groups excluding tert-OH is 1. The number of rotatable bonds is 10. The summed E-state index contributed by atoms with van der Waals surface area (Å²) in [4.78, 5) is 6.71. The number of hydrogen-bond donors (Lipinski definition) is 2. The van der Waals surface area contributed by atoms with E-state index in [-0.39, 0.29) is 12.6 Å². The summed E-state index contributed by atoms with van der Waals surface area (Å²) in [5, 5.41) is 13.8. The molecular formula is C26H29N5O3. The van der Waals surface area contributed by atoms with Gasteiger partial charge in [0.1, 0.15) is 11.5 Å². The molecule has 0 atom stereocenters. The lowest BCUT2D eigenvalue weighted by Gasteiger charge is -2.24. The quantitative estimate of drug-likeness (QED) is 0.374. The van der Waals surface area contributed by atoms with E-state index in [1.54, 1.807) is 14.2 Å². The van der Waals surface area contributed by atoms with E-state index in [4.69, 9.17) is 15.2 Å². The van der Waals surface area contributed by atoms with E-state index < -0.39 is 0 Å². The van der Waals surface area contributed by atoms with Crippen molar-refractivity contribution in [2.24, 2.45) is 0 Å². The normalized spacial score (nSPS) is 10.8. The highest BCUT2D eigenvalue weighted by Gasteiger charge is 2.18. The van der Waals surface area contributed by atoms with E-state index in [1.165, 1.54) is 0 Å². The Morgan fingerprint density at radius 1 is 0.765 bits per heavy atom. The van der Waals surface area contributed by atoms with Gasteiger partial charge in [0.15, 0.2) is 0 Å². The third-order valence-corrected chi connectivity index (χ3v) is 5.55. The van der Waals surface area contributed by atoms with E-state index in [1.807, 2.05) is 77.5 Å². The van der Waals surface area contributed by atoms with Crippen LogP contribution in [0, 0.1) is 0 Å². The standard InChI is InChI=1S/C26H29N5O3/c1-33-23-11-7-19(8-12-23)15-30(16-20-9-13-24(34-2)14-10-20)26-28-25(27)29-31(26)17-21-3-5-22(18-32)6-4-21/h3-14,32H,15-18H2,1-2H3,(H2,27,29). The van der Waals surface area contributed by atoms with Gasteiger partial charge in [-0.05, 0) is 46.5 Å². The van der Waals surface area contributed by atoms with E-state index in [2.05, 4.69) is 15.0 Å². The summed E-state index contributed by atoms with van der Waals surface area (Å²) in [6.45, 7) is 1.74. The zero-order valence-electron chi connectivity index (χ0n) is 19.4. The van der Waals surface area contributed by atoms with Gasteiger partial charge >= 0.3 is 0 Å². The van der Waals surface area contributed by atoms with Crippen LogP contribution in [-0.4, -0.2) is 34.1 Å². The molecule has 0 aliphatic heterocycles. The highest BCUT2D eigenvalue weighted by atomic mass is 16.5. The van der Waals surface area contributed by atoms with Crippen molar-refractivity contribution in [2.45, 2.75) is 26.2 Å². The summed E-state index contributed by atoms with van der Waals surface area (Å²) >= 11 is 0. The van der Waals surface area contributed by atoms with Gasteiger partial charge in [-0.15, -0.1) is 5.10 Å². The third-order valence-electron chi connectivity index (χ3n) is 5.55. The molecule has 0 unspecified atom stereocenters. The van der Waals surface area contributed by atoms with Gasteiger partial charge in [-0.1, -0.05) is 48.5 Å². The Bertz CT molecular complexity index is 1140. The van der Waals surface area contributed by atoms with Crippen LogP contribution in [0.3, 0.4) is 0 Å². The van der Waals surface area contributed by atoms with Crippen molar-refractivity contribution >= 4 is 11.9 Å². The van der Waals surface area contributed by atoms with Crippen LogP contribution in [0.2, 0.25) is 0 Å². The molecule has 0 radical (unpaired) electrons. The molecule has 4 rings (SSSR count). The molecule has 0 aliphatic carbocycles. The van der Waals surface area contributed by atoms with Crippen LogP contribution in [0.5, 0.6) is 11.5 Å². The number of ether oxygens (including phenoxy) is 2. The first-order valence-corrected chi connectivity index (χ1v) is 11.0. The molecule has 0 aliphatic rings. The molecule has 0 amide bonds. The molecular weight excluding hydrogens is 430 g/mol. The monoisotopic (exact) mass is 459 g/mol. The predicted octanol–water partition coefficient (Wildman–Crippen LogP) is 3.62. The maximum atomic E-state index is 9.32. The molecule has 8 nitrogen and oxygen atoms in total. The average molecular weight is 460 g/mol. The maximum absolute atomic E-state index is 9.32. The topological polar surface area (TPSA) is 98.7 Å². The van der Waals surface area contributed by atoms with Crippen molar-refractivity contribution in [1.82, 2.24) is 14.8 Å². The lowest BCUT2D eigenvalue weighted by atomic mass is 10.1. The minimum atomic E-state index is 0.0132. The van der Waals surface area contributed by atoms with Gasteiger partial charge in [0.25, 0.3) is 0 Å². The summed E-state index contributed by atoms with van der Waals surface area (Å²) in [7, 11) is 3.31. The molecule has 0 saturated carbocycles. The van der Waals surface area contributed by atoms with E-state index in [0.717, 1.165) is 33.8 Å². The van der Waals surface area contributed by atoms with Gasteiger partial charge in [-0.25, -0.2) is 4.68 Å². The van der Waals surface area contributed by atoms with Crippen molar-refractivity contribution < 1.29 is 14.6 Å². The number of nitrogen functional groups attached to an aromatic ring is 1. The van der Waals surface area contributed by atoms with Gasteiger partial charge in [-0.3, -0.25) is 0 Å². The Hall–Kier alpha value is -4.04. The Balaban J connectivity index is 1.64. The second-order valence-electron chi connectivity index (χ2n) is 7.95. The molecule has 176 valence electrons. The molecule has 3 aromatic carbocycles. The fourth-order valence-electron chi connectivity index (χ4n) is 3.71. The number of nitrogens with zero attached hydrogens (tertiary/aromatic N) is 4. The van der Waals surface area contributed by atoms with Gasteiger partial charge in [0.2, 0.25) is 11.9 Å². The zero-order valence-corrected chi connectivity index (χ0v) is 19.4. The highest BCUT2D eigenvalue weighted by Crippen LogP contribution is 2.23. The van der Waals surface area contributed by atoms with Crippen LogP contribution < -0.4 is 20.1 Å². The molecule has 1 heterocycles. The second kappa shape index (κ2) is 10.7. The summed E-state index contributed by atoms with van der Waals surface area (Å²) in [5.74, 6) is 2.51. The van der Waals surface area contributed by atoms with Crippen molar-refractivity contribution in [3.63, 3.8) is 0 Å².